The molecule has 0 saturated carbocycles. The molecule has 0 saturated heterocycles. The number of hydrazine groups is 1. The summed E-state index contributed by atoms with van der Waals surface area (Å²) in [5, 5.41) is 0.990. The lowest BCUT2D eigenvalue weighted by Gasteiger charge is -2.23. The number of aryl methyl sites for hydroxylation is 1. The van der Waals surface area contributed by atoms with Crippen molar-refractivity contribution in [3.63, 3.8) is 0 Å². The quantitative estimate of drug-likeness (QED) is 0.225. The van der Waals surface area contributed by atoms with Crippen LogP contribution in [0.3, 0.4) is 0 Å². The molecule has 0 aromatic carbocycles. The fraction of sp³-hybridized carbons (Fsp3) is 0.571. The number of rotatable bonds is 7. The van der Waals surface area contributed by atoms with Crippen molar-refractivity contribution in [3.8, 4) is 0 Å². The summed E-state index contributed by atoms with van der Waals surface area (Å²) in [6.07, 6.45) is 2.56. The zero-order chi connectivity index (χ0) is 17.6. The SMILES string of the molecule is CCCCOC(=O)C(C(=O)n1cc(C)c(=O)[nH]c1=O)N(N)CC. The van der Waals surface area contributed by atoms with E-state index in [1.807, 2.05) is 11.9 Å². The van der Waals surface area contributed by atoms with Crippen LogP contribution in [-0.4, -0.2) is 45.6 Å². The van der Waals surface area contributed by atoms with Gasteiger partial charge in [0.15, 0.2) is 0 Å². The fourth-order valence-corrected chi connectivity index (χ4v) is 1.82. The van der Waals surface area contributed by atoms with Crippen molar-refractivity contribution in [1.29, 1.82) is 0 Å². The third kappa shape index (κ3) is 4.60. The van der Waals surface area contributed by atoms with Crippen LogP contribution in [0.5, 0.6) is 0 Å². The second-order valence-electron chi connectivity index (χ2n) is 5.03. The van der Waals surface area contributed by atoms with Gasteiger partial charge in [0.25, 0.3) is 11.5 Å². The topological polar surface area (TPSA) is 127 Å². The maximum absolute atomic E-state index is 12.5. The van der Waals surface area contributed by atoms with Crippen molar-refractivity contribution in [3.05, 3.63) is 32.6 Å². The predicted octanol–water partition coefficient (Wildman–Crippen LogP) is -0.607. The molecule has 0 amide bonds. The minimum Gasteiger partial charge on any atom is -0.464 e. The summed E-state index contributed by atoms with van der Waals surface area (Å²) < 4.78 is 5.70. The van der Waals surface area contributed by atoms with Gasteiger partial charge in [0.1, 0.15) is 0 Å². The first-order chi connectivity index (χ1) is 10.8. The average Bonchev–Trinajstić information content (AvgIpc) is 2.51. The van der Waals surface area contributed by atoms with Gasteiger partial charge in [-0.25, -0.2) is 19.2 Å². The van der Waals surface area contributed by atoms with Crippen LogP contribution in [0.25, 0.3) is 0 Å². The molecule has 3 N–H and O–H groups in total. The van der Waals surface area contributed by atoms with Crippen molar-refractivity contribution >= 4 is 11.9 Å². The molecule has 0 aliphatic rings. The molecule has 9 nitrogen and oxygen atoms in total. The Bertz CT molecular complexity index is 678. The molecular weight excluding hydrogens is 304 g/mol. The molecule has 0 fully saturated rings. The molecule has 0 bridgehead atoms. The van der Waals surface area contributed by atoms with Crippen LogP contribution in [0.15, 0.2) is 15.8 Å². The molecule has 1 unspecified atom stereocenters. The Balaban J connectivity index is 3.15. The Morgan fingerprint density at radius 2 is 2.04 bits per heavy atom. The van der Waals surface area contributed by atoms with Crippen LogP contribution in [0.1, 0.15) is 37.0 Å². The average molecular weight is 326 g/mol. The number of nitrogens with zero attached hydrogens (tertiary/aromatic N) is 2. The summed E-state index contributed by atoms with van der Waals surface area (Å²) >= 11 is 0. The number of ether oxygens (including phenoxy) is 1. The van der Waals surface area contributed by atoms with Gasteiger partial charge in [0.2, 0.25) is 6.04 Å². The van der Waals surface area contributed by atoms with Gasteiger partial charge in [-0.2, -0.15) is 0 Å². The highest BCUT2D eigenvalue weighted by Crippen LogP contribution is 2.03. The monoisotopic (exact) mass is 326 g/mol. The largest absolute Gasteiger partial charge is 0.464 e. The maximum atomic E-state index is 12.5. The van der Waals surface area contributed by atoms with Crippen LogP contribution in [0.4, 0.5) is 0 Å². The zero-order valence-electron chi connectivity index (χ0n) is 13.5. The van der Waals surface area contributed by atoms with Crippen molar-refractivity contribution in [1.82, 2.24) is 14.6 Å². The molecule has 1 rings (SSSR count). The molecule has 23 heavy (non-hydrogen) atoms. The Morgan fingerprint density at radius 1 is 1.39 bits per heavy atom. The molecule has 1 heterocycles. The highest BCUT2D eigenvalue weighted by molar-refractivity contribution is 6.02. The van der Waals surface area contributed by atoms with Crippen LogP contribution in [0, 0.1) is 6.92 Å². The van der Waals surface area contributed by atoms with Crippen LogP contribution >= 0.6 is 0 Å². The van der Waals surface area contributed by atoms with Crippen molar-refractivity contribution in [2.75, 3.05) is 13.2 Å². The number of aromatic amines is 1. The summed E-state index contributed by atoms with van der Waals surface area (Å²) in [7, 11) is 0. The van der Waals surface area contributed by atoms with Crippen LogP contribution in [0.2, 0.25) is 0 Å². The number of carbonyl (C=O) groups excluding carboxylic acids is 2. The van der Waals surface area contributed by atoms with Gasteiger partial charge in [0.05, 0.1) is 6.61 Å². The van der Waals surface area contributed by atoms with Gasteiger partial charge in [-0.3, -0.25) is 20.4 Å². The Kier molecular flexibility index (Phi) is 6.86. The number of H-pyrrole nitrogens is 1. The van der Waals surface area contributed by atoms with E-state index < -0.39 is 29.2 Å². The van der Waals surface area contributed by atoms with Crippen molar-refractivity contribution < 1.29 is 14.3 Å². The number of likely N-dealkylation sites (N-methyl/N-ethyl adjacent to an activating group) is 1. The lowest BCUT2D eigenvalue weighted by molar-refractivity contribution is -0.148. The number of nitrogens with one attached hydrogen (secondary N) is 1. The molecule has 1 aromatic rings. The van der Waals surface area contributed by atoms with Crippen molar-refractivity contribution in [2.45, 2.75) is 39.7 Å². The zero-order valence-corrected chi connectivity index (χ0v) is 13.5. The molecule has 0 radical (unpaired) electrons. The molecular formula is C14H22N4O5. The smallest absolute Gasteiger partial charge is 0.335 e. The standard InChI is InChI=1S/C14H22N4O5/c1-4-6-7-23-13(21)10(18(15)5-2)12(20)17-8-9(3)11(19)16-14(17)22/h8,10H,4-7,15H2,1-3H3,(H,16,19,22). The van der Waals surface area contributed by atoms with E-state index in [9.17, 15) is 19.2 Å². The Labute approximate surface area is 133 Å². The van der Waals surface area contributed by atoms with Crippen LogP contribution in [-0.2, 0) is 9.53 Å². The van der Waals surface area contributed by atoms with E-state index in [0.29, 0.717) is 11.0 Å². The normalized spacial score (nSPS) is 12.2. The molecule has 1 atom stereocenters. The molecule has 1 aromatic heterocycles. The number of aromatic nitrogens is 2. The predicted molar refractivity (Wildman–Crippen MR) is 82.9 cm³/mol. The number of unbranched alkanes of at least 4 members (excludes halogenated alkanes) is 1. The molecule has 0 aliphatic heterocycles. The van der Waals surface area contributed by atoms with Gasteiger partial charge in [0, 0.05) is 18.3 Å². The van der Waals surface area contributed by atoms with Gasteiger partial charge in [-0.05, 0) is 13.3 Å². The summed E-state index contributed by atoms with van der Waals surface area (Å²) in [6.45, 7) is 5.38. The van der Waals surface area contributed by atoms with Gasteiger partial charge in [-0.15, -0.1) is 0 Å². The Hall–Kier alpha value is -2.26. The molecule has 9 heteroatoms. The van der Waals surface area contributed by atoms with Gasteiger partial charge >= 0.3 is 11.7 Å². The number of nitrogens with two attached hydrogens (primary N) is 1. The molecule has 0 aliphatic carbocycles. The van der Waals surface area contributed by atoms with E-state index in [-0.39, 0.29) is 18.7 Å². The lowest BCUT2D eigenvalue weighted by Crippen LogP contribution is -2.55. The summed E-state index contributed by atoms with van der Waals surface area (Å²) in [6, 6.07) is -1.46. The highest BCUT2D eigenvalue weighted by Gasteiger charge is 2.34. The third-order valence-corrected chi connectivity index (χ3v) is 3.25. The first-order valence-corrected chi connectivity index (χ1v) is 7.38. The van der Waals surface area contributed by atoms with E-state index in [4.69, 9.17) is 10.6 Å². The van der Waals surface area contributed by atoms with E-state index in [0.717, 1.165) is 17.6 Å². The van der Waals surface area contributed by atoms with Crippen LogP contribution < -0.4 is 17.1 Å². The summed E-state index contributed by atoms with van der Waals surface area (Å²) in [5.41, 5.74) is -1.36. The Morgan fingerprint density at radius 3 is 2.61 bits per heavy atom. The lowest BCUT2D eigenvalue weighted by atomic mass is 10.2. The first-order valence-electron chi connectivity index (χ1n) is 7.38. The highest BCUT2D eigenvalue weighted by atomic mass is 16.5. The number of esters is 1. The summed E-state index contributed by atoms with van der Waals surface area (Å²) in [4.78, 5) is 49.9. The number of hydrogen-bond donors (Lipinski definition) is 2. The third-order valence-electron chi connectivity index (χ3n) is 3.25. The first kappa shape index (κ1) is 18.8. The van der Waals surface area contributed by atoms with E-state index in [1.54, 1.807) is 6.92 Å². The molecule has 0 spiro atoms. The van der Waals surface area contributed by atoms with E-state index in [1.165, 1.54) is 6.92 Å². The summed E-state index contributed by atoms with van der Waals surface area (Å²) in [5.74, 6) is 4.00. The van der Waals surface area contributed by atoms with Gasteiger partial charge in [-0.1, -0.05) is 20.3 Å². The van der Waals surface area contributed by atoms with E-state index >= 15 is 0 Å². The number of carbonyl (C=O) groups is 2. The van der Waals surface area contributed by atoms with E-state index in [2.05, 4.69) is 0 Å². The maximum Gasteiger partial charge on any atom is 0.335 e. The fourth-order valence-electron chi connectivity index (χ4n) is 1.82. The molecule has 128 valence electrons. The van der Waals surface area contributed by atoms with Gasteiger partial charge < -0.3 is 4.74 Å². The second kappa shape index (κ2) is 8.39. The second-order valence-corrected chi connectivity index (χ2v) is 5.03. The number of hydrogen-bond acceptors (Lipinski definition) is 7. The van der Waals surface area contributed by atoms with Crippen molar-refractivity contribution in [2.24, 2.45) is 5.84 Å². The minimum absolute atomic E-state index is 0.163. The minimum atomic E-state index is -1.46.